The Morgan fingerprint density at radius 2 is 1.61 bits per heavy atom. The first-order chi connectivity index (χ1) is 14.6. The molecule has 0 saturated heterocycles. The number of amides is 3. The number of para-hydroxylation sites is 1. The molecule has 2 aromatic rings. The quantitative estimate of drug-likeness (QED) is 0.571. The molecule has 7 nitrogen and oxygen atoms in total. The van der Waals surface area contributed by atoms with Crippen molar-refractivity contribution in [2.75, 3.05) is 11.9 Å². The summed E-state index contributed by atoms with van der Waals surface area (Å²) in [6, 6.07) is 14.5. The zero-order valence-corrected chi connectivity index (χ0v) is 18.7. The van der Waals surface area contributed by atoms with Crippen LogP contribution in [0.15, 0.2) is 48.5 Å². The molecule has 0 aromatic heterocycles. The van der Waals surface area contributed by atoms with E-state index in [9.17, 15) is 14.4 Å². The van der Waals surface area contributed by atoms with Crippen LogP contribution in [0.25, 0.3) is 0 Å². The summed E-state index contributed by atoms with van der Waals surface area (Å²) >= 11 is 5.87. The van der Waals surface area contributed by atoms with Crippen LogP contribution in [0, 0.1) is 0 Å². The number of hydrogen-bond acceptors (Lipinski definition) is 4. The Morgan fingerprint density at radius 3 is 2.29 bits per heavy atom. The predicted molar refractivity (Wildman–Crippen MR) is 121 cm³/mol. The van der Waals surface area contributed by atoms with Gasteiger partial charge in [0.05, 0.1) is 0 Å². The van der Waals surface area contributed by atoms with Gasteiger partial charge in [-0.25, -0.2) is 4.79 Å². The van der Waals surface area contributed by atoms with Gasteiger partial charge in [-0.3, -0.25) is 9.59 Å². The first kappa shape index (κ1) is 24.2. The lowest BCUT2D eigenvalue weighted by molar-refractivity contribution is -0.121. The van der Waals surface area contributed by atoms with Gasteiger partial charge in [0, 0.05) is 23.7 Å². The smallest absolute Gasteiger partial charge is 0.408 e. The molecule has 0 heterocycles. The maximum atomic E-state index is 12.2. The molecular weight excluding hydrogens is 418 g/mol. The van der Waals surface area contributed by atoms with Crippen LogP contribution >= 0.6 is 11.6 Å². The summed E-state index contributed by atoms with van der Waals surface area (Å²) < 4.78 is 5.10. The lowest BCUT2D eigenvalue weighted by atomic mass is 10.1. The van der Waals surface area contributed by atoms with E-state index in [2.05, 4.69) is 16.0 Å². The van der Waals surface area contributed by atoms with Crippen LogP contribution in [0.3, 0.4) is 0 Å². The monoisotopic (exact) mass is 445 g/mol. The van der Waals surface area contributed by atoms with Crippen molar-refractivity contribution in [3.63, 3.8) is 0 Å². The third kappa shape index (κ3) is 9.53. The third-order valence-corrected chi connectivity index (χ3v) is 4.37. The number of anilines is 1. The van der Waals surface area contributed by atoms with Crippen molar-refractivity contribution in [1.29, 1.82) is 0 Å². The van der Waals surface area contributed by atoms with Crippen LogP contribution in [0.1, 0.15) is 38.3 Å². The normalized spacial score (nSPS) is 10.8. The number of aryl methyl sites for hydroxylation is 1. The third-order valence-electron chi connectivity index (χ3n) is 4.11. The lowest BCUT2D eigenvalue weighted by Gasteiger charge is -2.19. The number of benzene rings is 2. The minimum atomic E-state index is -0.663. The van der Waals surface area contributed by atoms with E-state index in [0.29, 0.717) is 23.6 Å². The van der Waals surface area contributed by atoms with Crippen LogP contribution in [0.5, 0.6) is 0 Å². The molecule has 0 saturated carbocycles. The zero-order chi connectivity index (χ0) is 22.9. The molecule has 0 aliphatic heterocycles. The van der Waals surface area contributed by atoms with Crippen LogP contribution in [-0.4, -0.2) is 30.1 Å². The van der Waals surface area contributed by atoms with Gasteiger partial charge in [0.2, 0.25) is 11.8 Å². The summed E-state index contributed by atoms with van der Waals surface area (Å²) in [7, 11) is 0. The molecule has 0 aliphatic carbocycles. The molecule has 0 atom stereocenters. The van der Waals surface area contributed by atoms with Crippen LogP contribution in [0.4, 0.5) is 10.5 Å². The maximum Gasteiger partial charge on any atom is 0.408 e. The highest BCUT2D eigenvalue weighted by molar-refractivity contribution is 6.30. The largest absolute Gasteiger partial charge is 0.444 e. The number of carbonyl (C=O) groups is 3. The highest BCUT2D eigenvalue weighted by Crippen LogP contribution is 2.15. The standard InChI is InChI=1S/C23H28ClN3O4/c1-23(2,3)31-22(30)26-15-21(29)27-19-7-5-4-6-17(19)14-25-20(28)13-10-16-8-11-18(24)12-9-16/h4-9,11-12H,10,13-15H2,1-3H3,(H,25,28)(H,26,30)(H,27,29). The highest BCUT2D eigenvalue weighted by atomic mass is 35.5. The molecular formula is C23H28ClN3O4. The summed E-state index contributed by atoms with van der Waals surface area (Å²) in [6.45, 7) is 5.28. The number of ether oxygens (including phenoxy) is 1. The first-order valence-electron chi connectivity index (χ1n) is 9.98. The van der Waals surface area contributed by atoms with Crippen molar-refractivity contribution in [2.45, 2.75) is 45.8 Å². The van der Waals surface area contributed by atoms with Gasteiger partial charge < -0.3 is 20.7 Å². The van der Waals surface area contributed by atoms with Gasteiger partial charge >= 0.3 is 6.09 Å². The van der Waals surface area contributed by atoms with Gasteiger partial charge in [0.1, 0.15) is 12.1 Å². The Balaban J connectivity index is 1.81. The molecule has 0 spiro atoms. The van der Waals surface area contributed by atoms with E-state index < -0.39 is 17.6 Å². The average Bonchev–Trinajstić information content (AvgIpc) is 2.70. The van der Waals surface area contributed by atoms with E-state index in [4.69, 9.17) is 16.3 Å². The van der Waals surface area contributed by atoms with Crippen molar-refractivity contribution >= 4 is 35.2 Å². The van der Waals surface area contributed by atoms with Crippen molar-refractivity contribution in [2.24, 2.45) is 0 Å². The molecule has 0 radical (unpaired) electrons. The fourth-order valence-electron chi connectivity index (χ4n) is 2.65. The molecule has 0 bridgehead atoms. The van der Waals surface area contributed by atoms with Crippen molar-refractivity contribution in [3.8, 4) is 0 Å². The molecule has 2 rings (SSSR count). The number of carbonyl (C=O) groups excluding carboxylic acids is 3. The molecule has 8 heteroatoms. The molecule has 3 amide bonds. The molecule has 2 aromatic carbocycles. The van der Waals surface area contributed by atoms with E-state index >= 15 is 0 Å². The number of halogens is 1. The second-order valence-corrected chi connectivity index (χ2v) is 8.40. The zero-order valence-electron chi connectivity index (χ0n) is 18.0. The minimum absolute atomic E-state index is 0.0947. The topological polar surface area (TPSA) is 96.5 Å². The predicted octanol–water partition coefficient (Wildman–Crippen LogP) is 4.05. The SMILES string of the molecule is CC(C)(C)OC(=O)NCC(=O)Nc1ccccc1CNC(=O)CCc1ccc(Cl)cc1. The Labute approximate surface area is 187 Å². The molecule has 3 N–H and O–H groups in total. The van der Waals surface area contributed by atoms with Crippen LogP contribution in [-0.2, 0) is 27.3 Å². The Hall–Kier alpha value is -3.06. The Kier molecular flexibility index (Phi) is 8.88. The first-order valence-corrected chi connectivity index (χ1v) is 10.4. The number of rotatable bonds is 8. The number of hydrogen-bond donors (Lipinski definition) is 3. The van der Waals surface area contributed by atoms with Crippen molar-refractivity contribution in [3.05, 3.63) is 64.7 Å². The Morgan fingerprint density at radius 1 is 0.935 bits per heavy atom. The fraction of sp³-hybridized carbons (Fsp3) is 0.348. The highest BCUT2D eigenvalue weighted by Gasteiger charge is 2.17. The van der Waals surface area contributed by atoms with Gasteiger partial charge in [0.25, 0.3) is 0 Å². The van der Waals surface area contributed by atoms with E-state index in [1.54, 1.807) is 45.0 Å². The number of alkyl carbamates (subject to hydrolysis) is 1. The van der Waals surface area contributed by atoms with Gasteiger partial charge in [-0.2, -0.15) is 0 Å². The van der Waals surface area contributed by atoms with Gasteiger partial charge in [-0.05, 0) is 56.5 Å². The summed E-state index contributed by atoms with van der Waals surface area (Å²) in [5, 5.41) is 8.68. The van der Waals surface area contributed by atoms with Crippen LogP contribution in [0.2, 0.25) is 5.02 Å². The van der Waals surface area contributed by atoms with Crippen molar-refractivity contribution < 1.29 is 19.1 Å². The van der Waals surface area contributed by atoms with Crippen molar-refractivity contribution in [1.82, 2.24) is 10.6 Å². The number of nitrogens with one attached hydrogen (secondary N) is 3. The van der Waals surface area contributed by atoms with E-state index in [1.807, 2.05) is 24.3 Å². The van der Waals surface area contributed by atoms with Gasteiger partial charge in [0.15, 0.2) is 0 Å². The van der Waals surface area contributed by atoms with E-state index in [1.165, 1.54) is 0 Å². The summed E-state index contributed by atoms with van der Waals surface area (Å²) in [5.74, 6) is -0.491. The molecule has 31 heavy (non-hydrogen) atoms. The lowest BCUT2D eigenvalue weighted by Crippen LogP contribution is -2.37. The molecule has 0 unspecified atom stereocenters. The maximum absolute atomic E-state index is 12.2. The fourth-order valence-corrected chi connectivity index (χ4v) is 2.77. The van der Waals surface area contributed by atoms with E-state index in [0.717, 1.165) is 11.1 Å². The molecule has 0 fully saturated rings. The minimum Gasteiger partial charge on any atom is -0.444 e. The second kappa shape index (κ2) is 11.4. The average molecular weight is 446 g/mol. The summed E-state index contributed by atoms with van der Waals surface area (Å²) in [4.78, 5) is 36.0. The van der Waals surface area contributed by atoms with Gasteiger partial charge in [-0.1, -0.05) is 41.9 Å². The van der Waals surface area contributed by atoms with Crippen LogP contribution < -0.4 is 16.0 Å². The molecule has 0 aliphatic rings. The molecule has 166 valence electrons. The second-order valence-electron chi connectivity index (χ2n) is 7.96. The Bertz CT molecular complexity index is 908. The summed E-state index contributed by atoms with van der Waals surface area (Å²) in [5.41, 5.74) is 1.72. The van der Waals surface area contributed by atoms with E-state index in [-0.39, 0.29) is 19.0 Å². The van der Waals surface area contributed by atoms with Gasteiger partial charge in [-0.15, -0.1) is 0 Å². The summed E-state index contributed by atoms with van der Waals surface area (Å²) in [6.07, 6.45) is 0.289.